The standard InChI is InChI=1S/C18H25Cl2N3O/c19-14-4-5-16(15(20)11-14)22-18(24)17-3-1-2-10-23(17)12-13-6-8-21-9-7-13/h4-5,11,13,17,21H,1-3,6-10,12H2,(H,22,24). The summed E-state index contributed by atoms with van der Waals surface area (Å²) in [5.74, 6) is 0.742. The van der Waals surface area contributed by atoms with Gasteiger partial charge in [-0.2, -0.15) is 0 Å². The molecule has 3 rings (SSSR count). The Morgan fingerprint density at radius 3 is 2.75 bits per heavy atom. The summed E-state index contributed by atoms with van der Waals surface area (Å²) in [5, 5.41) is 7.45. The fourth-order valence-electron chi connectivity index (χ4n) is 3.71. The van der Waals surface area contributed by atoms with E-state index >= 15 is 0 Å². The lowest BCUT2D eigenvalue weighted by molar-refractivity contribution is -0.122. The van der Waals surface area contributed by atoms with Gasteiger partial charge in [0.25, 0.3) is 0 Å². The minimum atomic E-state index is -0.0552. The van der Waals surface area contributed by atoms with Gasteiger partial charge in [0, 0.05) is 11.6 Å². The van der Waals surface area contributed by atoms with Gasteiger partial charge in [-0.3, -0.25) is 9.69 Å². The number of hydrogen-bond acceptors (Lipinski definition) is 3. The van der Waals surface area contributed by atoms with Crippen LogP contribution in [0.3, 0.4) is 0 Å². The van der Waals surface area contributed by atoms with Crippen molar-refractivity contribution >= 4 is 34.8 Å². The number of carbonyl (C=O) groups excluding carboxylic acids is 1. The number of hydrogen-bond donors (Lipinski definition) is 2. The number of nitrogens with zero attached hydrogens (tertiary/aromatic N) is 1. The van der Waals surface area contributed by atoms with Crippen LogP contribution in [0, 0.1) is 5.92 Å². The van der Waals surface area contributed by atoms with Crippen molar-refractivity contribution < 1.29 is 4.79 Å². The minimum Gasteiger partial charge on any atom is -0.323 e. The number of amides is 1. The van der Waals surface area contributed by atoms with Crippen molar-refractivity contribution in [3.05, 3.63) is 28.2 Å². The van der Waals surface area contributed by atoms with E-state index in [1.165, 1.54) is 19.3 Å². The predicted molar refractivity (Wildman–Crippen MR) is 99.9 cm³/mol. The molecule has 1 atom stereocenters. The van der Waals surface area contributed by atoms with Crippen molar-refractivity contribution in [1.82, 2.24) is 10.2 Å². The maximum absolute atomic E-state index is 12.8. The third-order valence-electron chi connectivity index (χ3n) is 5.06. The highest BCUT2D eigenvalue weighted by atomic mass is 35.5. The lowest BCUT2D eigenvalue weighted by Gasteiger charge is -2.38. The summed E-state index contributed by atoms with van der Waals surface area (Å²) in [6, 6.07) is 5.12. The Labute approximate surface area is 153 Å². The SMILES string of the molecule is O=C(Nc1ccc(Cl)cc1Cl)C1CCCCN1CC1CCNCC1. The van der Waals surface area contributed by atoms with Crippen LogP contribution in [0.15, 0.2) is 18.2 Å². The van der Waals surface area contributed by atoms with Crippen LogP contribution >= 0.6 is 23.2 Å². The number of carbonyl (C=O) groups is 1. The lowest BCUT2D eigenvalue weighted by atomic mass is 9.94. The summed E-state index contributed by atoms with van der Waals surface area (Å²) in [7, 11) is 0. The molecule has 1 aromatic carbocycles. The first-order chi connectivity index (χ1) is 11.6. The van der Waals surface area contributed by atoms with Gasteiger partial charge in [-0.1, -0.05) is 29.6 Å². The molecule has 4 nitrogen and oxygen atoms in total. The van der Waals surface area contributed by atoms with Crippen LogP contribution in [0.4, 0.5) is 5.69 Å². The van der Waals surface area contributed by atoms with E-state index in [1.807, 2.05) is 0 Å². The van der Waals surface area contributed by atoms with Gasteiger partial charge in [0.05, 0.1) is 16.8 Å². The Balaban J connectivity index is 1.64. The lowest BCUT2D eigenvalue weighted by Crippen LogP contribution is -2.49. The smallest absolute Gasteiger partial charge is 0.241 e. The number of rotatable bonds is 4. The zero-order valence-corrected chi connectivity index (χ0v) is 15.4. The monoisotopic (exact) mass is 369 g/mol. The van der Waals surface area contributed by atoms with E-state index in [2.05, 4.69) is 15.5 Å². The summed E-state index contributed by atoms with van der Waals surface area (Å²) in [5.41, 5.74) is 0.637. The van der Waals surface area contributed by atoms with E-state index < -0.39 is 0 Å². The number of halogens is 2. The quantitative estimate of drug-likeness (QED) is 0.848. The molecule has 2 N–H and O–H groups in total. The second-order valence-corrected chi connectivity index (χ2v) is 7.66. The first-order valence-electron chi connectivity index (χ1n) is 8.84. The van der Waals surface area contributed by atoms with Crippen LogP contribution in [0.2, 0.25) is 10.0 Å². The van der Waals surface area contributed by atoms with Gasteiger partial charge in [0.2, 0.25) is 5.91 Å². The molecule has 6 heteroatoms. The summed E-state index contributed by atoms with van der Waals surface area (Å²) in [6.45, 7) is 4.22. The highest BCUT2D eigenvalue weighted by molar-refractivity contribution is 6.36. The van der Waals surface area contributed by atoms with Gasteiger partial charge < -0.3 is 10.6 Å². The number of likely N-dealkylation sites (tertiary alicyclic amines) is 1. The second-order valence-electron chi connectivity index (χ2n) is 6.81. The van der Waals surface area contributed by atoms with E-state index in [4.69, 9.17) is 23.2 Å². The van der Waals surface area contributed by atoms with Crippen LogP contribution in [-0.4, -0.2) is 43.0 Å². The van der Waals surface area contributed by atoms with Crippen molar-refractivity contribution in [2.75, 3.05) is 31.5 Å². The maximum atomic E-state index is 12.8. The molecule has 0 aliphatic carbocycles. The molecule has 1 aromatic rings. The third-order valence-corrected chi connectivity index (χ3v) is 5.60. The summed E-state index contributed by atoms with van der Waals surface area (Å²) in [6.07, 6.45) is 5.61. The third kappa shape index (κ3) is 4.63. The van der Waals surface area contributed by atoms with Gasteiger partial charge >= 0.3 is 0 Å². The Kier molecular flexibility index (Phi) is 6.39. The van der Waals surface area contributed by atoms with Gasteiger partial charge in [0.15, 0.2) is 0 Å². The van der Waals surface area contributed by atoms with Crippen LogP contribution in [0.1, 0.15) is 32.1 Å². The van der Waals surface area contributed by atoms with Crippen molar-refractivity contribution in [2.24, 2.45) is 5.92 Å². The molecule has 0 aromatic heterocycles. The maximum Gasteiger partial charge on any atom is 0.241 e. The molecule has 1 amide bonds. The fourth-order valence-corrected chi connectivity index (χ4v) is 4.16. The van der Waals surface area contributed by atoms with Crippen molar-refractivity contribution in [3.63, 3.8) is 0 Å². The molecule has 24 heavy (non-hydrogen) atoms. The second kappa shape index (κ2) is 8.52. The van der Waals surface area contributed by atoms with E-state index in [9.17, 15) is 4.79 Å². The van der Waals surface area contributed by atoms with Crippen LogP contribution in [-0.2, 0) is 4.79 Å². The fraction of sp³-hybridized carbons (Fsp3) is 0.611. The Bertz CT molecular complexity index is 575. The average molecular weight is 370 g/mol. The largest absolute Gasteiger partial charge is 0.323 e. The van der Waals surface area contributed by atoms with Crippen LogP contribution < -0.4 is 10.6 Å². The number of piperidine rings is 2. The summed E-state index contributed by atoms with van der Waals surface area (Å²) >= 11 is 12.1. The van der Waals surface area contributed by atoms with Gasteiger partial charge in [-0.05, 0) is 69.4 Å². The van der Waals surface area contributed by atoms with Gasteiger partial charge in [-0.15, -0.1) is 0 Å². The molecule has 0 radical (unpaired) electrons. The molecule has 1 unspecified atom stereocenters. The molecular weight excluding hydrogens is 345 g/mol. The molecule has 132 valence electrons. The molecule has 2 aliphatic heterocycles. The number of benzene rings is 1. The number of anilines is 1. The van der Waals surface area contributed by atoms with Crippen LogP contribution in [0.5, 0.6) is 0 Å². The van der Waals surface area contributed by atoms with E-state index in [-0.39, 0.29) is 11.9 Å². The highest BCUT2D eigenvalue weighted by Gasteiger charge is 2.30. The molecular formula is C18H25Cl2N3O. The molecule has 0 spiro atoms. The van der Waals surface area contributed by atoms with Gasteiger partial charge in [0.1, 0.15) is 0 Å². The summed E-state index contributed by atoms with van der Waals surface area (Å²) < 4.78 is 0. The first kappa shape index (κ1) is 18.0. The Morgan fingerprint density at radius 1 is 1.21 bits per heavy atom. The normalized spacial score (nSPS) is 23.2. The Morgan fingerprint density at radius 2 is 2.00 bits per heavy atom. The molecule has 2 fully saturated rings. The van der Waals surface area contributed by atoms with E-state index in [0.29, 0.717) is 21.7 Å². The van der Waals surface area contributed by atoms with E-state index in [1.54, 1.807) is 18.2 Å². The molecule has 2 aliphatic rings. The first-order valence-corrected chi connectivity index (χ1v) is 9.60. The van der Waals surface area contributed by atoms with Gasteiger partial charge in [-0.25, -0.2) is 0 Å². The van der Waals surface area contributed by atoms with Crippen molar-refractivity contribution in [1.29, 1.82) is 0 Å². The van der Waals surface area contributed by atoms with Crippen molar-refractivity contribution in [3.8, 4) is 0 Å². The van der Waals surface area contributed by atoms with E-state index in [0.717, 1.165) is 39.0 Å². The van der Waals surface area contributed by atoms with Crippen molar-refractivity contribution in [2.45, 2.75) is 38.1 Å². The Hall–Kier alpha value is -0.810. The average Bonchev–Trinajstić information content (AvgIpc) is 2.59. The number of nitrogens with one attached hydrogen (secondary N) is 2. The zero-order chi connectivity index (χ0) is 16.9. The molecule has 0 bridgehead atoms. The molecule has 2 saturated heterocycles. The highest BCUT2D eigenvalue weighted by Crippen LogP contribution is 2.27. The molecule has 2 heterocycles. The van der Waals surface area contributed by atoms with Crippen LogP contribution in [0.25, 0.3) is 0 Å². The summed E-state index contributed by atoms with van der Waals surface area (Å²) in [4.78, 5) is 15.2. The zero-order valence-electron chi connectivity index (χ0n) is 13.9. The molecule has 0 saturated carbocycles. The predicted octanol–water partition coefficient (Wildman–Crippen LogP) is 3.79. The topological polar surface area (TPSA) is 44.4 Å². The minimum absolute atomic E-state index is 0.0489.